The standard InChI is InChI=1S/C37H48N6O6S/c1-3-26(2)35(43-18-17-42(37(43)46)25-30-13-8-16-38-22-30)36(45)41-32(21-28-9-5-4-6-10-28)33(44)24-40-50(48,49)34-15-14-29(23-39-47)20-31(34)19-27-11-7-12-27/h4-6,8-10,13-16,20,22,26-27,32-33,35,40,44H,3,7,11-12,17-19,21,23-25H2,1-2H3,(H,41,45)/t26-,32-,33+,35-/m0/s1. The average molecular weight is 705 g/mol. The van der Waals surface area contributed by atoms with E-state index in [1.807, 2.05) is 56.3 Å². The van der Waals surface area contributed by atoms with Crippen LogP contribution in [0.5, 0.6) is 0 Å². The zero-order chi connectivity index (χ0) is 35.7. The molecule has 2 heterocycles. The van der Waals surface area contributed by atoms with Crippen molar-refractivity contribution in [1.82, 2.24) is 24.8 Å². The van der Waals surface area contributed by atoms with Crippen LogP contribution in [0.3, 0.4) is 0 Å². The Hall–Kier alpha value is -4.20. The fourth-order valence-corrected chi connectivity index (χ4v) is 8.00. The minimum absolute atomic E-state index is 0.0474. The molecule has 2 fully saturated rings. The predicted octanol–water partition coefficient (Wildman–Crippen LogP) is 4.41. The van der Waals surface area contributed by atoms with E-state index in [0.29, 0.717) is 49.5 Å². The highest BCUT2D eigenvalue weighted by molar-refractivity contribution is 7.89. The monoisotopic (exact) mass is 704 g/mol. The Morgan fingerprint density at radius 3 is 2.48 bits per heavy atom. The maximum Gasteiger partial charge on any atom is 0.321 e. The molecule has 2 aromatic carbocycles. The minimum atomic E-state index is -4.06. The first kappa shape index (κ1) is 37.1. The normalized spacial score (nSPS) is 17.5. The Morgan fingerprint density at radius 2 is 1.82 bits per heavy atom. The molecule has 1 saturated heterocycles. The number of benzene rings is 2. The van der Waals surface area contributed by atoms with Gasteiger partial charge < -0.3 is 20.2 Å². The number of sulfonamides is 1. The van der Waals surface area contributed by atoms with E-state index in [4.69, 9.17) is 0 Å². The molecule has 1 aliphatic heterocycles. The van der Waals surface area contributed by atoms with Crippen molar-refractivity contribution in [3.8, 4) is 0 Å². The van der Waals surface area contributed by atoms with Crippen LogP contribution in [0.25, 0.3) is 0 Å². The SMILES string of the molecule is CC[C@H](C)[C@@H](C(=O)N[C@@H](Cc1ccccc1)[C@H](O)CNS(=O)(=O)c1ccc(CN=O)cc1CC1CCC1)N1CCN(Cc2cccnc2)C1=O. The van der Waals surface area contributed by atoms with Crippen molar-refractivity contribution in [3.63, 3.8) is 0 Å². The molecule has 0 unspecified atom stereocenters. The minimum Gasteiger partial charge on any atom is -0.390 e. The van der Waals surface area contributed by atoms with Crippen LogP contribution in [-0.2, 0) is 40.7 Å². The number of nitrogens with zero attached hydrogens (tertiary/aromatic N) is 4. The number of nitroso groups, excluding NO2 is 1. The molecule has 0 radical (unpaired) electrons. The Bertz CT molecular complexity index is 1710. The molecule has 50 heavy (non-hydrogen) atoms. The lowest BCUT2D eigenvalue weighted by Crippen LogP contribution is -2.57. The summed E-state index contributed by atoms with van der Waals surface area (Å²) in [4.78, 5) is 46.2. The van der Waals surface area contributed by atoms with Crippen LogP contribution < -0.4 is 10.0 Å². The van der Waals surface area contributed by atoms with E-state index in [0.717, 1.165) is 30.4 Å². The first-order chi connectivity index (χ1) is 24.1. The number of carbonyl (C=O) groups is 2. The summed E-state index contributed by atoms with van der Waals surface area (Å²) in [5.41, 5.74) is 3.01. The zero-order valence-electron chi connectivity index (χ0n) is 28.8. The van der Waals surface area contributed by atoms with E-state index < -0.39 is 34.1 Å². The summed E-state index contributed by atoms with van der Waals surface area (Å²) in [6.07, 6.45) is 6.70. The molecule has 2 aliphatic rings. The summed E-state index contributed by atoms with van der Waals surface area (Å²) in [6, 6.07) is 16.0. The van der Waals surface area contributed by atoms with Crippen molar-refractivity contribution in [2.45, 2.75) is 88.5 Å². The van der Waals surface area contributed by atoms with Crippen LogP contribution in [0, 0.1) is 16.7 Å². The molecule has 5 rings (SSSR count). The molecule has 268 valence electrons. The van der Waals surface area contributed by atoms with Gasteiger partial charge in [-0.05, 0) is 59.1 Å². The Balaban J connectivity index is 1.32. The molecular weight excluding hydrogens is 657 g/mol. The Labute approximate surface area is 294 Å². The number of rotatable bonds is 18. The largest absolute Gasteiger partial charge is 0.390 e. The van der Waals surface area contributed by atoms with E-state index in [-0.39, 0.29) is 36.4 Å². The van der Waals surface area contributed by atoms with E-state index in [1.54, 1.807) is 34.3 Å². The summed E-state index contributed by atoms with van der Waals surface area (Å²) in [5.74, 6) is -0.208. The molecule has 1 aromatic heterocycles. The van der Waals surface area contributed by atoms with Gasteiger partial charge in [-0.15, -0.1) is 0 Å². The number of carbonyl (C=O) groups excluding carboxylic acids is 2. The van der Waals surface area contributed by atoms with Crippen LogP contribution >= 0.6 is 0 Å². The average Bonchev–Trinajstić information content (AvgIpc) is 3.44. The fourth-order valence-electron chi connectivity index (χ4n) is 6.72. The van der Waals surface area contributed by atoms with Gasteiger partial charge in [0.1, 0.15) is 12.6 Å². The maximum atomic E-state index is 14.1. The quantitative estimate of drug-likeness (QED) is 0.165. The third-order valence-electron chi connectivity index (χ3n) is 9.98. The van der Waals surface area contributed by atoms with Gasteiger partial charge in [0.2, 0.25) is 15.9 Å². The van der Waals surface area contributed by atoms with Crippen molar-refractivity contribution < 1.29 is 23.1 Å². The van der Waals surface area contributed by atoms with Crippen LogP contribution in [0.1, 0.15) is 61.8 Å². The van der Waals surface area contributed by atoms with Crippen LogP contribution in [0.2, 0.25) is 0 Å². The molecule has 1 saturated carbocycles. The molecular formula is C37H48N6O6S. The number of pyridine rings is 1. The lowest BCUT2D eigenvalue weighted by atomic mass is 9.81. The Kier molecular flexibility index (Phi) is 12.7. The molecule has 1 aliphatic carbocycles. The third-order valence-corrected chi connectivity index (χ3v) is 11.5. The molecule has 13 heteroatoms. The van der Waals surface area contributed by atoms with Crippen molar-refractivity contribution in [3.05, 3.63) is 100 Å². The highest BCUT2D eigenvalue weighted by atomic mass is 32.2. The highest BCUT2D eigenvalue weighted by Crippen LogP contribution is 2.32. The van der Waals surface area contributed by atoms with Crippen molar-refractivity contribution in [1.29, 1.82) is 0 Å². The maximum absolute atomic E-state index is 14.1. The van der Waals surface area contributed by atoms with Gasteiger partial charge in [-0.2, -0.15) is 4.91 Å². The summed E-state index contributed by atoms with van der Waals surface area (Å²) < 4.78 is 29.9. The van der Waals surface area contributed by atoms with Gasteiger partial charge in [0.05, 0.1) is 17.0 Å². The fraction of sp³-hybridized carbons (Fsp3) is 0.486. The number of aliphatic hydroxyl groups is 1. The summed E-state index contributed by atoms with van der Waals surface area (Å²) >= 11 is 0. The Morgan fingerprint density at radius 1 is 1.06 bits per heavy atom. The van der Waals surface area contributed by atoms with Gasteiger partial charge in [-0.3, -0.25) is 9.78 Å². The molecule has 3 N–H and O–H groups in total. The first-order valence-electron chi connectivity index (χ1n) is 17.5. The first-order valence-corrected chi connectivity index (χ1v) is 18.9. The second kappa shape index (κ2) is 17.1. The van der Waals surface area contributed by atoms with Gasteiger partial charge >= 0.3 is 6.03 Å². The van der Waals surface area contributed by atoms with Gasteiger partial charge in [-0.1, -0.05) is 93.2 Å². The number of aromatic nitrogens is 1. The third kappa shape index (κ3) is 9.32. The van der Waals surface area contributed by atoms with Crippen LogP contribution in [0.15, 0.2) is 83.1 Å². The van der Waals surface area contributed by atoms with Gasteiger partial charge in [0, 0.05) is 38.6 Å². The topological polar surface area (TPSA) is 161 Å². The van der Waals surface area contributed by atoms with Gasteiger partial charge in [-0.25, -0.2) is 17.9 Å². The lowest BCUT2D eigenvalue weighted by molar-refractivity contribution is -0.128. The van der Waals surface area contributed by atoms with Gasteiger partial charge in [0.15, 0.2) is 0 Å². The molecule has 0 bridgehead atoms. The molecule has 3 aromatic rings. The zero-order valence-corrected chi connectivity index (χ0v) is 29.6. The molecule has 4 atom stereocenters. The molecule has 12 nitrogen and oxygen atoms in total. The summed E-state index contributed by atoms with van der Waals surface area (Å²) in [7, 11) is -4.06. The van der Waals surface area contributed by atoms with E-state index in [1.165, 1.54) is 6.07 Å². The van der Waals surface area contributed by atoms with Gasteiger partial charge in [0.25, 0.3) is 0 Å². The highest BCUT2D eigenvalue weighted by Gasteiger charge is 2.41. The second-order valence-corrected chi connectivity index (χ2v) is 15.3. The second-order valence-electron chi connectivity index (χ2n) is 13.5. The number of urea groups is 1. The number of amides is 3. The number of nitrogens with one attached hydrogen (secondary N) is 2. The van der Waals surface area contributed by atoms with Crippen LogP contribution in [0.4, 0.5) is 4.79 Å². The number of aliphatic hydroxyl groups excluding tert-OH is 1. The summed E-state index contributed by atoms with van der Waals surface area (Å²) in [6.45, 7) is 4.71. The molecule has 0 spiro atoms. The van der Waals surface area contributed by atoms with E-state index >= 15 is 0 Å². The van der Waals surface area contributed by atoms with E-state index in [2.05, 4.69) is 20.2 Å². The number of hydrogen-bond donors (Lipinski definition) is 3. The van der Waals surface area contributed by atoms with E-state index in [9.17, 15) is 28.0 Å². The van der Waals surface area contributed by atoms with Crippen molar-refractivity contribution >= 4 is 22.0 Å². The smallest absolute Gasteiger partial charge is 0.321 e. The summed E-state index contributed by atoms with van der Waals surface area (Å²) in [5, 5.41) is 17.5. The predicted molar refractivity (Wildman–Crippen MR) is 190 cm³/mol. The van der Waals surface area contributed by atoms with Crippen LogP contribution in [-0.4, -0.2) is 78.1 Å². The molecule has 3 amide bonds. The number of hydrogen-bond acceptors (Lipinski definition) is 8. The van der Waals surface area contributed by atoms with Crippen molar-refractivity contribution in [2.24, 2.45) is 17.0 Å². The van der Waals surface area contributed by atoms with Crippen molar-refractivity contribution in [2.75, 3.05) is 19.6 Å². The lowest BCUT2D eigenvalue weighted by Gasteiger charge is -2.34.